The smallest absolute Gasteiger partial charge is 0.407 e. The molecule has 6 atom stereocenters. The van der Waals surface area contributed by atoms with Crippen LogP contribution in [0.2, 0.25) is 0 Å². The van der Waals surface area contributed by atoms with Gasteiger partial charge in [-0.15, -0.1) is 0 Å². The first kappa shape index (κ1) is 41.0. The Morgan fingerprint density at radius 3 is 2.35 bits per heavy atom. The number of amides is 3. The molecule has 2 aromatic carbocycles. The van der Waals surface area contributed by atoms with E-state index >= 15 is 0 Å². The van der Waals surface area contributed by atoms with Gasteiger partial charge in [0.2, 0.25) is 11.8 Å². The number of aromatic nitrogens is 4. The predicted octanol–water partition coefficient (Wildman–Crippen LogP) is 8.11. The summed E-state index contributed by atoms with van der Waals surface area (Å²) >= 11 is 2.05. The Balaban J connectivity index is 0.773. The van der Waals surface area contributed by atoms with Crippen molar-refractivity contribution in [2.24, 2.45) is 28.6 Å². The Bertz CT molecular complexity index is 2460. The molecule has 3 saturated heterocycles. The van der Waals surface area contributed by atoms with Crippen molar-refractivity contribution in [3.63, 3.8) is 0 Å². The lowest BCUT2D eigenvalue weighted by molar-refractivity contribution is -0.135. The highest BCUT2D eigenvalue weighted by Crippen LogP contribution is 2.59. The zero-order valence-electron chi connectivity index (χ0n) is 36.0. The molecule has 3 aliphatic carbocycles. The molecule has 3 N–H and O–H groups in total. The molecule has 3 saturated carbocycles. The van der Waals surface area contributed by atoms with Crippen LogP contribution in [-0.2, 0) is 19.1 Å². The molecule has 6 fully saturated rings. The van der Waals surface area contributed by atoms with Gasteiger partial charge >= 0.3 is 6.09 Å². The van der Waals surface area contributed by atoms with Crippen molar-refractivity contribution in [1.29, 1.82) is 0 Å². The van der Waals surface area contributed by atoms with E-state index in [-0.39, 0.29) is 40.6 Å². The fourth-order valence-corrected chi connectivity index (χ4v) is 12.6. The maximum atomic E-state index is 13.9. The zero-order chi connectivity index (χ0) is 42.8. The lowest BCUT2D eigenvalue weighted by Gasteiger charge is -2.30. The van der Waals surface area contributed by atoms with Crippen LogP contribution in [0.25, 0.3) is 22.3 Å². The van der Waals surface area contributed by atoms with Gasteiger partial charge in [-0.25, -0.2) is 14.8 Å². The highest BCUT2D eigenvalue weighted by Gasteiger charge is 2.56. The second kappa shape index (κ2) is 16.2. The number of alkyl carbamates (subject to hydrolysis) is 1. The molecule has 3 aliphatic heterocycles. The van der Waals surface area contributed by atoms with Crippen molar-refractivity contribution < 1.29 is 23.9 Å². The van der Waals surface area contributed by atoms with Gasteiger partial charge in [0, 0.05) is 48.7 Å². The SMILES string of the molecule is COC(=O)N[C@H](C(=O)N1CC2(CC2)C[C@H]1c1nc2ccc(C#Cc3ccc(-c4cnc([C@@H]5CC6(CC6)CN5C(=O)CCCC[C@@H]5SC[C@@H]6CC(=O)C[C@@H]65)[nH]4)cc3)cc2[nH]1)C(C)C. The number of benzene rings is 2. The number of ketones is 1. The highest BCUT2D eigenvalue weighted by molar-refractivity contribution is 8.00. The Morgan fingerprint density at radius 2 is 1.63 bits per heavy atom. The average Bonchev–Trinajstić information content (AvgIpc) is 3.67. The van der Waals surface area contributed by atoms with Gasteiger partial charge < -0.3 is 29.8 Å². The van der Waals surface area contributed by atoms with Crippen LogP contribution in [0, 0.1) is 40.4 Å². The van der Waals surface area contributed by atoms with Gasteiger partial charge in [-0.05, 0) is 122 Å². The maximum absolute atomic E-state index is 13.9. The number of hydrogen-bond acceptors (Lipinski definition) is 8. The molecule has 13 heteroatoms. The minimum atomic E-state index is -0.687. The number of nitrogens with zero attached hydrogens (tertiary/aromatic N) is 4. The van der Waals surface area contributed by atoms with Crippen molar-refractivity contribution in [2.45, 2.75) is 114 Å². The topological polar surface area (TPSA) is 153 Å². The summed E-state index contributed by atoms with van der Waals surface area (Å²) < 4.78 is 4.82. The third-order valence-corrected chi connectivity index (χ3v) is 16.5. The number of methoxy groups -OCH3 is 1. The minimum absolute atomic E-state index is 0.0233. The molecular formula is C49H57N7O5S. The quantitative estimate of drug-likeness (QED) is 0.101. The van der Waals surface area contributed by atoms with Crippen molar-refractivity contribution in [1.82, 2.24) is 35.1 Å². The van der Waals surface area contributed by atoms with E-state index in [1.807, 2.05) is 67.0 Å². The predicted molar refractivity (Wildman–Crippen MR) is 238 cm³/mol. The molecule has 3 amide bonds. The molecule has 2 aromatic heterocycles. The second-order valence-corrected chi connectivity index (χ2v) is 20.9. The first-order valence-electron chi connectivity index (χ1n) is 22.7. The Kier molecular flexibility index (Phi) is 10.7. The van der Waals surface area contributed by atoms with Crippen LogP contribution in [0.3, 0.4) is 0 Å². The fraction of sp³-hybridized carbons (Fsp3) is 0.551. The number of H-pyrrole nitrogens is 2. The number of likely N-dealkylation sites (tertiary alicyclic amines) is 2. The molecule has 4 aromatic rings. The number of rotatable bonds is 11. The van der Waals surface area contributed by atoms with Crippen molar-refractivity contribution in [2.75, 3.05) is 26.0 Å². The van der Waals surface area contributed by atoms with E-state index in [1.165, 1.54) is 20.0 Å². The summed E-state index contributed by atoms with van der Waals surface area (Å²) in [5, 5.41) is 3.34. The Labute approximate surface area is 367 Å². The molecular weight excluding hydrogens is 799 g/mol. The summed E-state index contributed by atoms with van der Waals surface area (Å²) in [5.41, 5.74) is 5.74. The molecule has 6 aliphatic rings. The van der Waals surface area contributed by atoms with Gasteiger partial charge in [-0.1, -0.05) is 44.2 Å². The molecule has 0 bridgehead atoms. The summed E-state index contributed by atoms with van der Waals surface area (Å²) in [6.45, 7) is 5.34. The summed E-state index contributed by atoms with van der Waals surface area (Å²) in [6.07, 6.45) is 12.8. The molecule has 0 unspecified atom stereocenters. The van der Waals surface area contributed by atoms with E-state index < -0.39 is 12.1 Å². The molecule has 2 spiro atoms. The molecule has 0 radical (unpaired) electrons. The van der Waals surface area contributed by atoms with E-state index in [9.17, 15) is 19.2 Å². The summed E-state index contributed by atoms with van der Waals surface area (Å²) in [7, 11) is 1.31. The number of fused-ring (bicyclic) bond motifs is 2. The monoisotopic (exact) mass is 855 g/mol. The van der Waals surface area contributed by atoms with Gasteiger partial charge in [0.25, 0.3) is 0 Å². The number of ether oxygens (including phenoxy) is 1. The number of thioether (sulfide) groups is 1. The number of hydrogen-bond donors (Lipinski definition) is 3. The van der Waals surface area contributed by atoms with Crippen molar-refractivity contribution in [3.05, 3.63) is 71.4 Å². The standard InChI is InChI=1S/C49H57N7O5S/c1-29(2)43(54-47(60)61-3)46(59)56-28-49(18-19-49)24-40(56)45-51-36-15-12-31(20-37(36)52-45)9-8-30-10-13-32(14-11-30)38-25-50-44(53-38)39-23-48(16-17-48)27-55(39)42(58)7-5-4-6-41-35-22-34(57)21-33(35)26-62-41/h10-15,20,25,29,33,35,39-41,43H,4-7,16-19,21-24,26-28H2,1-3H3,(H,50,53)(H,51,52)(H,54,60)/t33-,35-,39-,40-,41-,43-/m0/s1. The lowest BCUT2D eigenvalue weighted by Crippen LogP contribution is -2.51. The highest BCUT2D eigenvalue weighted by atomic mass is 32.2. The molecule has 5 heterocycles. The summed E-state index contributed by atoms with van der Waals surface area (Å²) in [6, 6.07) is 13.2. The van der Waals surface area contributed by atoms with Crippen LogP contribution in [0.1, 0.15) is 126 Å². The Morgan fingerprint density at radius 1 is 0.919 bits per heavy atom. The van der Waals surface area contributed by atoms with Crippen LogP contribution in [0.4, 0.5) is 4.79 Å². The van der Waals surface area contributed by atoms with E-state index in [0.29, 0.717) is 35.8 Å². The van der Waals surface area contributed by atoms with E-state index in [4.69, 9.17) is 14.7 Å². The number of nitrogens with one attached hydrogen (secondary N) is 3. The van der Waals surface area contributed by atoms with Crippen molar-refractivity contribution in [3.8, 4) is 23.1 Å². The largest absolute Gasteiger partial charge is 0.453 e. The number of unbranched alkanes of at least 4 members (excludes halogenated alkanes) is 1. The first-order chi connectivity index (χ1) is 30.0. The number of carbonyl (C=O) groups is 4. The Hall–Kier alpha value is -5.09. The number of Topliss-reactive ketones (excluding diaryl/α,β-unsaturated/α-hetero) is 1. The van der Waals surface area contributed by atoms with Gasteiger partial charge in [0.05, 0.1) is 42.1 Å². The molecule has 62 heavy (non-hydrogen) atoms. The normalized spacial score (nSPS) is 25.7. The number of carbonyl (C=O) groups excluding carboxylic acids is 4. The summed E-state index contributed by atoms with van der Waals surface area (Å²) in [4.78, 5) is 72.6. The number of imidazole rings is 2. The van der Waals surface area contributed by atoms with E-state index in [2.05, 4.69) is 44.2 Å². The van der Waals surface area contributed by atoms with E-state index in [0.717, 1.165) is 115 Å². The van der Waals surface area contributed by atoms with Crippen LogP contribution in [0.15, 0.2) is 48.7 Å². The third-order valence-electron chi connectivity index (χ3n) is 14.9. The molecule has 10 rings (SSSR count). The maximum Gasteiger partial charge on any atom is 0.407 e. The minimum Gasteiger partial charge on any atom is -0.453 e. The second-order valence-electron chi connectivity index (χ2n) is 19.6. The summed E-state index contributed by atoms with van der Waals surface area (Å²) in [5.74, 6) is 11.0. The molecule has 12 nitrogen and oxygen atoms in total. The zero-order valence-corrected chi connectivity index (χ0v) is 36.8. The average molecular weight is 856 g/mol. The van der Waals surface area contributed by atoms with E-state index in [1.54, 1.807) is 0 Å². The fourth-order valence-electron chi connectivity index (χ4n) is 10.9. The van der Waals surface area contributed by atoms with Crippen LogP contribution in [-0.4, -0.2) is 90.7 Å². The van der Waals surface area contributed by atoms with Crippen LogP contribution < -0.4 is 5.32 Å². The lowest BCUT2D eigenvalue weighted by atomic mass is 9.92. The number of aromatic amines is 2. The van der Waals surface area contributed by atoms with Gasteiger partial charge in [0.1, 0.15) is 23.5 Å². The molecule has 324 valence electrons. The van der Waals surface area contributed by atoms with Crippen LogP contribution in [0.5, 0.6) is 0 Å². The van der Waals surface area contributed by atoms with Gasteiger partial charge in [-0.2, -0.15) is 11.8 Å². The van der Waals surface area contributed by atoms with Gasteiger partial charge in [0.15, 0.2) is 0 Å². The van der Waals surface area contributed by atoms with Crippen LogP contribution >= 0.6 is 11.8 Å². The first-order valence-corrected chi connectivity index (χ1v) is 23.8. The third kappa shape index (κ3) is 8.15. The van der Waals surface area contributed by atoms with Crippen molar-refractivity contribution >= 4 is 46.5 Å². The van der Waals surface area contributed by atoms with Gasteiger partial charge in [-0.3, -0.25) is 14.4 Å².